The Hall–Kier alpha value is -1.31. The summed E-state index contributed by atoms with van der Waals surface area (Å²) in [5.74, 6) is 0. The van der Waals surface area contributed by atoms with Crippen molar-refractivity contribution in [3.05, 3.63) is 60.2 Å². The first-order valence-electron chi connectivity index (χ1n) is 4.38. The molecule has 2 aromatic carbocycles. The van der Waals surface area contributed by atoms with Gasteiger partial charge in [0.2, 0.25) is 0 Å². The Balaban J connectivity index is 0.000000280. The van der Waals surface area contributed by atoms with E-state index in [2.05, 4.69) is 9.99 Å². The van der Waals surface area contributed by atoms with E-state index in [4.69, 9.17) is 0 Å². The fourth-order valence-corrected chi connectivity index (χ4v) is 0.909. The molecule has 86 valence electrons. The molecule has 0 radical (unpaired) electrons. The van der Waals surface area contributed by atoms with Crippen LogP contribution in [0, 0.1) is 0 Å². The Kier molecular flexibility index (Phi) is 8.44. The zero-order chi connectivity index (χ0) is 10.1. The number of rotatable bonds is 2. The summed E-state index contributed by atoms with van der Waals surface area (Å²) in [6.45, 7) is 0. The van der Waals surface area contributed by atoms with Gasteiger partial charge in [0.1, 0.15) is 7.11 Å². The van der Waals surface area contributed by atoms with Gasteiger partial charge in [0.15, 0.2) is 0 Å². The van der Waals surface area contributed by atoms with Crippen LogP contribution in [-0.4, -0.2) is 13.3 Å². The summed E-state index contributed by atoms with van der Waals surface area (Å²) in [5, 5.41) is 3.59. The smallest absolute Gasteiger partial charge is 0.106 e. The van der Waals surface area contributed by atoms with Gasteiger partial charge in [-0.3, -0.25) is 0 Å². The van der Waals surface area contributed by atoms with Gasteiger partial charge in [-0.25, -0.2) is 12.1 Å². The van der Waals surface area contributed by atoms with Crippen LogP contribution in [0.3, 0.4) is 0 Å². The van der Waals surface area contributed by atoms with Crippen LogP contribution in [0.4, 0.5) is 0 Å². The minimum Gasteiger partial charge on any atom is -0.748 e. The van der Waals surface area contributed by atoms with Gasteiger partial charge in [0.25, 0.3) is 0 Å². The van der Waals surface area contributed by atoms with E-state index in [1.165, 1.54) is 7.11 Å². The van der Waals surface area contributed by atoms with Crippen molar-refractivity contribution >= 4 is 6.21 Å². The normalized spacial score (nSPS) is 8.87. The molecule has 0 saturated carbocycles. The molecule has 0 fully saturated rings. The zero-order valence-electron chi connectivity index (χ0n) is 8.48. The van der Waals surface area contributed by atoms with Gasteiger partial charge in [0, 0.05) is 23.3 Å². The summed E-state index contributed by atoms with van der Waals surface area (Å²) in [6.07, 6.45) is 1.67. The molecule has 2 rings (SSSR count). The van der Waals surface area contributed by atoms with Crippen LogP contribution < -0.4 is 0 Å². The zero-order valence-corrected chi connectivity index (χ0v) is 9.59. The topological polar surface area (TPSA) is 21.6 Å². The molecule has 0 heterocycles. The molecule has 0 aromatic heterocycles. The quantitative estimate of drug-likeness (QED) is 0.344. The average molecular weight is 243 g/mol. The van der Waals surface area contributed by atoms with Crippen molar-refractivity contribution in [1.82, 2.24) is 0 Å². The molecule has 0 aliphatic heterocycles. The third kappa shape index (κ3) is 6.72. The molecule has 0 N–H and O–H groups in total. The van der Waals surface area contributed by atoms with Crippen molar-refractivity contribution in [3.8, 4) is 0 Å². The Morgan fingerprint density at radius 1 is 1.07 bits per heavy atom. The van der Waals surface area contributed by atoms with E-state index in [-0.39, 0.29) is 17.1 Å². The van der Waals surface area contributed by atoms with Crippen LogP contribution in [0.1, 0.15) is 5.56 Å². The van der Waals surface area contributed by atoms with Crippen molar-refractivity contribution in [2.45, 2.75) is 0 Å². The van der Waals surface area contributed by atoms with Gasteiger partial charge in [-0.1, -0.05) is 0 Å². The summed E-state index contributed by atoms with van der Waals surface area (Å²) < 4.78 is 0. The summed E-state index contributed by atoms with van der Waals surface area (Å²) >= 11 is 0. The standard InChI is InChI=1S/C7H8NO.C5H5.Fe/c1-9-8-6-7-4-2-3-5-7;1-2-4-5-3-1;/h2-6H,1H3;1-5H;/q-1;-5;. The van der Waals surface area contributed by atoms with Gasteiger partial charge in [-0.2, -0.15) is 12.1 Å². The molecule has 0 spiro atoms. The van der Waals surface area contributed by atoms with Crippen molar-refractivity contribution in [3.63, 3.8) is 0 Å². The van der Waals surface area contributed by atoms with E-state index in [0.717, 1.165) is 5.56 Å². The monoisotopic (exact) mass is 243 g/mol. The summed E-state index contributed by atoms with van der Waals surface area (Å²) in [7, 11) is 1.53. The SMILES string of the molecule is CON=C[c-]1cccc1.[Fe].[cH-]1[cH-][cH-][cH-][cH-]1. The van der Waals surface area contributed by atoms with E-state index in [0.29, 0.717) is 0 Å². The van der Waals surface area contributed by atoms with Crippen LogP contribution in [0.15, 0.2) is 59.8 Å². The van der Waals surface area contributed by atoms with Gasteiger partial charge >= 0.3 is 0 Å². The molecule has 3 heteroatoms. The number of hydrogen-bond acceptors (Lipinski definition) is 2. The van der Waals surface area contributed by atoms with Crippen LogP contribution in [0.5, 0.6) is 0 Å². The van der Waals surface area contributed by atoms with Crippen LogP contribution >= 0.6 is 0 Å². The fourth-order valence-electron chi connectivity index (χ4n) is 0.909. The maximum atomic E-state index is 4.48. The molecule has 0 aliphatic rings. The van der Waals surface area contributed by atoms with E-state index in [1.807, 2.05) is 54.6 Å². The van der Waals surface area contributed by atoms with Gasteiger partial charge in [-0.05, 0) is 0 Å². The first kappa shape index (κ1) is 13.7. The van der Waals surface area contributed by atoms with E-state index in [9.17, 15) is 0 Å². The van der Waals surface area contributed by atoms with E-state index < -0.39 is 0 Å². The van der Waals surface area contributed by atoms with Crippen molar-refractivity contribution < 1.29 is 21.9 Å². The molecule has 15 heavy (non-hydrogen) atoms. The Labute approximate surface area is 101 Å². The maximum absolute atomic E-state index is 4.48. The van der Waals surface area contributed by atoms with E-state index in [1.54, 1.807) is 6.21 Å². The first-order chi connectivity index (χ1) is 6.93. The molecule has 0 bridgehead atoms. The average Bonchev–Trinajstić information content (AvgIpc) is 2.90. The first-order valence-corrected chi connectivity index (χ1v) is 4.38. The molecule has 0 aliphatic carbocycles. The predicted molar refractivity (Wildman–Crippen MR) is 58.7 cm³/mol. The van der Waals surface area contributed by atoms with E-state index >= 15 is 0 Å². The maximum Gasteiger partial charge on any atom is 0.106 e. The van der Waals surface area contributed by atoms with Crippen molar-refractivity contribution in [2.75, 3.05) is 7.11 Å². The molecule has 0 amide bonds. The number of nitrogens with zero attached hydrogens (tertiary/aromatic N) is 1. The Bertz CT molecular complexity index is 307. The third-order valence-corrected chi connectivity index (χ3v) is 1.55. The summed E-state index contributed by atoms with van der Waals surface area (Å²) in [4.78, 5) is 4.48. The minimum atomic E-state index is 0. The van der Waals surface area contributed by atoms with Crippen molar-refractivity contribution in [2.24, 2.45) is 5.16 Å². The second kappa shape index (κ2) is 9.25. The summed E-state index contributed by atoms with van der Waals surface area (Å²) in [5.41, 5.74) is 1.07. The predicted octanol–water partition coefficient (Wildman–Crippen LogP) is 2.79. The molecule has 0 unspecified atom stereocenters. The number of oxime groups is 1. The molecular weight excluding hydrogens is 230 g/mol. The molecular formula is C12H13FeNO-6. The van der Waals surface area contributed by atoms with Gasteiger partial charge < -0.3 is 35.2 Å². The van der Waals surface area contributed by atoms with Crippen LogP contribution in [0.25, 0.3) is 0 Å². The fraction of sp³-hybridized carbons (Fsp3) is 0.0833. The number of hydrogen-bond donors (Lipinski definition) is 0. The second-order valence-corrected chi connectivity index (χ2v) is 2.60. The Morgan fingerprint density at radius 2 is 1.53 bits per heavy atom. The third-order valence-electron chi connectivity index (χ3n) is 1.55. The summed E-state index contributed by atoms with van der Waals surface area (Å²) in [6, 6.07) is 17.8. The van der Waals surface area contributed by atoms with Gasteiger partial charge in [0.05, 0.1) is 0 Å². The molecule has 0 saturated heterocycles. The van der Waals surface area contributed by atoms with Crippen molar-refractivity contribution in [1.29, 1.82) is 0 Å². The molecule has 2 nitrogen and oxygen atoms in total. The largest absolute Gasteiger partial charge is 0.748 e. The second-order valence-electron chi connectivity index (χ2n) is 2.60. The van der Waals surface area contributed by atoms with Crippen LogP contribution in [-0.2, 0) is 21.9 Å². The van der Waals surface area contributed by atoms with Gasteiger partial charge in [-0.15, -0.1) is 10.7 Å². The molecule has 2 aromatic rings. The van der Waals surface area contributed by atoms with Crippen LogP contribution in [0.2, 0.25) is 0 Å². The minimum absolute atomic E-state index is 0. The molecule has 0 atom stereocenters. The Morgan fingerprint density at radius 3 is 1.93 bits per heavy atom.